The molecule has 86 valence electrons. The second kappa shape index (κ2) is 5.14. The average Bonchev–Trinajstić information content (AvgIpc) is 2.40. The second-order valence-electron chi connectivity index (χ2n) is 4.45. The third kappa shape index (κ3) is 3.22. The highest BCUT2D eigenvalue weighted by Gasteiger charge is 2.27. The molecule has 0 saturated carbocycles. The van der Waals surface area contributed by atoms with Crippen LogP contribution in [0.2, 0.25) is 0 Å². The number of hydrogen-bond donors (Lipinski definition) is 1. The molecule has 15 heavy (non-hydrogen) atoms. The van der Waals surface area contributed by atoms with E-state index in [2.05, 4.69) is 6.92 Å². The van der Waals surface area contributed by atoms with E-state index >= 15 is 0 Å². The lowest BCUT2D eigenvalue weighted by molar-refractivity contribution is -0.150. The molecular formula is C11H19NO3. The highest BCUT2D eigenvalue weighted by Crippen LogP contribution is 2.17. The van der Waals surface area contributed by atoms with Gasteiger partial charge in [-0.2, -0.15) is 0 Å². The lowest BCUT2D eigenvalue weighted by Gasteiger charge is -2.24. The first-order chi connectivity index (χ1) is 7.02. The summed E-state index contributed by atoms with van der Waals surface area (Å²) in [5.41, 5.74) is 0. The largest absolute Gasteiger partial charge is 0.481 e. The van der Waals surface area contributed by atoms with E-state index in [1.807, 2.05) is 0 Å². The fourth-order valence-corrected chi connectivity index (χ4v) is 1.93. The van der Waals surface area contributed by atoms with E-state index in [4.69, 9.17) is 5.11 Å². The second-order valence-corrected chi connectivity index (χ2v) is 4.45. The number of carboxylic acids is 1. The minimum atomic E-state index is -1.03. The quantitative estimate of drug-likeness (QED) is 0.704. The molecule has 1 rings (SSSR count). The Morgan fingerprint density at radius 3 is 2.67 bits per heavy atom. The van der Waals surface area contributed by atoms with Crippen molar-refractivity contribution in [2.24, 2.45) is 11.8 Å². The van der Waals surface area contributed by atoms with Crippen LogP contribution in [0.5, 0.6) is 0 Å². The normalized spacial score (nSPS) is 24.4. The molecule has 1 N–H and O–H groups in total. The SMILES string of the molecule is CC1CCCCN(C(=O)C(C)C(=O)O)C1. The standard InChI is InChI=1S/C11H19NO3/c1-8-5-3-4-6-12(7-8)10(13)9(2)11(14)15/h8-9H,3-7H2,1-2H3,(H,14,15). The molecule has 4 heteroatoms. The molecule has 0 spiro atoms. The van der Waals surface area contributed by atoms with Gasteiger partial charge in [0.25, 0.3) is 0 Å². The Balaban J connectivity index is 2.61. The maximum Gasteiger partial charge on any atom is 0.315 e. The summed E-state index contributed by atoms with van der Waals surface area (Å²) in [5.74, 6) is -1.69. The van der Waals surface area contributed by atoms with Crippen LogP contribution in [0.15, 0.2) is 0 Å². The molecule has 0 radical (unpaired) electrons. The molecule has 2 unspecified atom stereocenters. The molecule has 1 saturated heterocycles. The maximum atomic E-state index is 11.8. The Kier molecular flexibility index (Phi) is 4.12. The molecule has 4 nitrogen and oxygen atoms in total. The predicted octanol–water partition coefficient (Wildman–Crippen LogP) is 1.36. The van der Waals surface area contributed by atoms with Crippen molar-refractivity contribution in [1.82, 2.24) is 4.90 Å². The first-order valence-corrected chi connectivity index (χ1v) is 5.54. The monoisotopic (exact) mass is 213 g/mol. The molecule has 1 aliphatic heterocycles. The fourth-order valence-electron chi connectivity index (χ4n) is 1.93. The summed E-state index contributed by atoms with van der Waals surface area (Å²) in [6, 6.07) is 0. The summed E-state index contributed by atoms with van der Waals surface area (Å²) < 4.78 is 0. The molecule has 0 bridgehead atoms. The lowest BCUT2D eigenvalue weighted by atomic mass is 10.1. The molecule has 0 aromatic heterocycles. The number of rotatable bonds is 2. The minimum Gasteiger partial charge on any atom is -0.481 e. The Hall–Kier alpha value is -1.06. The predicted molar refractivity (Wildman–Crippen MR) is 56.4 cm³/mol. The van der Waals surface area contributed by atoms with Crippen molar-refractivity contribution in [3.05, 3.63) is 0 Å². The summed E-state index contributed by atoms with van der Waals surface area (Å²) in [7, 11) is 0. The third-order valence-electron chi connectivity index (χ3n) is 2.96. The molecule has 1 aliphatic rings. The van der Waals surface area contributed by atoms with Gasteiger partial charge in [-0.3, -0.25) is 9.59 Å². The van der Waals surface area contributed by atoms with Crippen LogP contribution in [0.3, 0.4) is 0 Å². The Labute approximate surface area is 90.3 Å². The number of carbonyl (C=O) groups excluding carboxylic acids is 1. The van der Waals surface area contributed by atoms with Gasteiger partial charge in [0.2, 0.25) is 5.91 Å². The summed E-state index contributed by atoms with van der Waals surface area (Å²) in [6.07, 6.45) is 3.25. The molecule has 0 aromatic carbocycles. The fraction of sp³-hybridized carbons (Fsp3) is 0.818. The number of amides is 1. The van der Waals surface area contributed by atoms with Crippen LogP contribution in [0.4, 0.5) is 0 Å². The van der Waals surface area contributed by atoms with Crippen LogP contribution in [0, 0.1) is 11.8 Å². The molecular weight excluding hydrogens is 194 g/mol. The topological polar surface area (TPSA) is 57.6 Å². The highest BCUT2D eigenvalue weighted by atomic mass is 16.4. The Morgan fingerprint density at radius 2 is 2.07 bits per heavy atom. The van der Waals surface area contributed by atoms with Gasteiger partial charge in [-0.15, -0.1) is 0 Å². The van der Waals surface area contributed by atoms with Crippen LogP contribution in [0.25, 0.3) is 0 Å². The van der Waals surface area contributed by atoms with Crippen molar-refractivity contribution in [3.63, 3.8) is 0 Å². The molecule has 0 aromatic rings. The highest BCUT2D eigenvalue weighted by molar-refractivity contribution is 5.96. The molecule has 1 amide bonds. The van der Waals surface area contributed by atoms with E-state index in [-0.39, 0.29) is 5.91 Å². The smallest absolute Gasteiger partial charge is 0.315 e. The minimum absolute atomic E-state index is 0.240. The van der Waals surface area contributed by atoms with Crippen molar-refractivity contribution in [2.45, 2.75) is 33.1 Å². The summed E-state index contributed by atoms with van der Waals surface area (Å²) in [6.45, 7) is 4.98. The van der Waals surface area contributed by atoms with Gasteiger partial charge < -0.3 is 10.0 Å². The van der Waals surface area contributed by atoms with Crippen molar-refractivity contribution in [3.8, 4) is 0 Å². The van der Waals surface area contributed by atoms with Gasteiger partial charge in [0.15, 0.2) is 0 Å². The van der Waals surface area contributed by atoms with Gasteiger partial charge in [-0.25, -0.2) is 0 Å². The summed E-state index contributed by atoms with van der Waals surface area (Å²) >= 11 is 0. The van der Waals surface area contributed by atoms with E-state index in [1.54, 1.807) is 4.90 Å². The van der Waals surface area contributed by atoms with Crippen LogP contribution in [-0.2, 0) is 9.59 Å². The zero-order chi connectivity index (χ0) is 11.4. The van der Waals surface area contributed by atoms with E-state index < -0.39 is 11.9 Å². The van der Waals surface area contributed by atoms with Crippen molar-refractivity contribution in [1.29, 1.82) is 0 Å². The van der Waals surface area contributed by atoms with Gasteiger partial charge in [-0.1, -0.05) is 13.3 Å². The molecule has 1 fully saturated rings. The van der Waals surface area contributed by atoms with E-state index in [0.717, 1.165) is 19.3 Å². The molecule has 2 atom stereocenters. The number of aliphatic carboxylic acids is 1. The zero-order valence-electron chi connectivity index (χ0n) is 9.40. The zero-order valence-corrected chi connectivity index (χ0v) is 9.40. The number of likely N-dealkylation sites (tertiary alicyclic amines) is 1. The van der Waals surface area contributed by atoms with Gasteiger partial charge in [0.1, 0.15) is 5.92 Å². The van der Waals surface area contributed by atoms with Gasteiger partial charge in [0, 0.05) is 13.1 Å². The van der Waals surface area contributed by atoms with Crippen molar-refractivity contribution in [2.75, 3.05) is 13.1 Å². The summed E-state index contributed by atoms with van der Waals surface area (Å²) in [4.78, 5) is 24.2. The third-order valence-corrected chi connectivity index (χ3v) is 2.96. The van der Waals surface area contributed by atoms with Crippen LogP contribution >= 0.6 is 0 Å². The number of nitrogens with zero attached hydrogens (tertiary/aromatic N) is 1. The number of carbonyl (C=O) groups is 2. The van der Waals surface area contributed by atoms with E-state index in [1.165, 1.54) is 6.92 Å². The maximum absolute atomic E-state index is 11.8. The Bertz CT molecular complexity index is 252. The summed E-state index contributed by atoms with van der Waals surface area (Å²) in [5, 5.41) is 8.77. The molecule has 0 aliphatic carbocycles. The van der Waals surface area contributed by atoms with Gasteiger partial charge >= 0.3 is 5.97 Å². The van der Waals surface area contributed by atoms with Gasteiger partial charge in [-0.05, 0) is 25.7 Å². The van der Waals surface area contributed by atoms with Crippen molar-refractivity contribution >= 4 is 11.9 Å². The van der Waals surface area contributed by atoms with Crippen molar-refractivity contribution < 1.29 is 14.7 Å². The van der Waals surface area contributed by atoms with Gasteiger partial charge in [0.05, 0.1) is 0 Å². The van der Waals surface area contributed by atoms with E-state index in [9.17, 15) is 9.59 Å². The first-order valence-electron chi connectivity index (χ1n) is 5.54. The average molecular weight is 213 g/mol. The number of carboxylic acid groups (broad SMARTS) is 1. The Morgan fingerprint density at radius 1 is 1.40 bits per heavy atom. The van der Waals surface area contributed by atoms with Crippen LogP contribution in [0.1, 0.15) is 33.1 Å². The first kappa shape index (κ1) is 12.0. The van der Waals surface area contributed by atoms with Crippen LogP contribution in [-0.4, -0.2) is 35.0 Å². The lowest BCUT2D eigenvalue weighted by Crippen LogP contribution is -2.40. The number of hydrogen-bond acceptors (Lipinski definition) is 2. The van der Waals surface area contributed by atoms with Crippen LogP contribution < -0.4 is 0 Å². The molecule has 1 heterocycles. The van der Waals surface area contributed by atoms with E-state index in [0.29, 0.717) is 19.0 Å².